The Morgan fingerprint density at radius 1 is 0.614 bits per heavy atom. The molecule has 2 atom stereocenters. The number of esters is 2. The summed E-state index contributed by atoms with van der Waals surface area (Å²) in [5, 5.41) is 0. The number of allylic oxidation sites excluding steroid dienone is 4. The summed E-state index contributed by atoms with van der Waals surface area (Å²) in [5.74, 6) is 0.554. The molecule has 1 aliphatic rings. The first kappa shape index (κ1) is 39.8. The number of carbonyl (C=O) groups excluding carboxylic acids is 4. The number of hydrogen-bond donors (Lipinski definition) is 0. The van der Waals surface area contributed by atoms with Crippen LogP contribution in [0.3, 0.4) is 0 Å². The van der Waals surface area contributed by atoms with E-state index in [2.05, 4.69) is 55.4 Å². The highest BCUT2D eigenvalue weighted by atomic mass is 16.5. The Kier molecular flexibility index (Phi) is 18.7. The quantitative estimate of drug-likeness (QED) is 0.0609. The molecule has 44 heavy (non-hydrogen) atoms. The number of rotatable bonds is 24. The topological polar surface area (TPSA) is 86.7 Å². The van der Waals surface area contributed by atoms with Crippen molar-refractivity contribution >= 4 is 23.5 Å². The van der Waals surface area contributed by atoms with Gasteiger partial charge in [-0.3, -0.25) is 19.2 Å². The fourth-order valence-corrected chi connectivity index (χ4v) is 5.89. The summed E-state index contributed by atoms with van der Waals surface area (Å²) in [7, 11) is 0. The van der Waals surface area contributed by atoms with Crippen LogP contribution in [-0.4, -0.2) is 36.7 Å². The summed E-state index contributed by atoms with van der Waals surface area (Å²) in [6, 6.07) is 0. The fourth-order valence-electron chi connectivity index (χ4n) is 5.89. The van der Waals surface area contributed by atoms with E-state index in [9.17, 15) is 19.2 Å². The lowest BCUT2D eigenvalue weighted by atomic mass is 9.70. The molecule has 0 N–H and O–H groups in total. The SMILES string of the molecule is CCCCCC(=O)OCCC(C)CCCC(C)(C)C1=CC(=O)C(C(C)(C)CCCC(C)CCOC(=O)CCCCC)=CC1=O. The third kappa shape index (κ3) is 15.7. The third-order valence-electron chi connectivity index (χ3n) is 9.25. The molecule has 0 amide bonds. The van der Waals surface area contributed by atoms with Crippen LogP contribution in [0.4, 0.5) is 0 Å². The van der Waals surface area contributed by atoms with Crippen LogP contribution in [0.25, 0.3) is 0 Å². The van der Waals surface area contributed by atoms with Gasteiger partial charge < -0.3 is 9.47 Å². The summed E-state index contributed by atoms with van der Waals surface area (Å²) >= 11 is 0. The van der Waals surface area contributed by atoms with Crippen molar-refractivity contribution in [1.82, 2.24) is 0 Å². The predicted molar refractivity (Wildman–Crippen MR) is 179 cm³/mol. The minimum absolute atomic E-state index is 0.0465. The van der Waals surface area contributed by atoms with E-state index in [1.807, 2.05) is 0 Å². The molecule has 1 aliphatic carbocycles. The van der Waals surface area contributed by atoms with Crippen LogP contribution in [0, 0.1) is 22.7 Å². The summed E-state index contributed by atoms with van der Waals surface area (Å²) < 4.78 is 10.8. The van der Waals surface area contributed by atoms with Gasteiger partial charge in [-0.15, -0.1) is 0 Å². The molecule has 0 aromatic carbocycles. The van der Waals surface area contributed by atoms with Gasteiger partial charge in [0.1, 0.15) is 0 Å². The fraction of sp³-hybridized carbons (Fsp3) is 0.789. The lowest BCUT2D eigenvalue weighted by molar-refractivity contribution is -0.145. The predicted octanol–water partition coefficient (Wildman–Crippen LogP) is 9.68. The molecular weight excluding hydrogens is 552 g/mol. The van der Waals surface area contributed by atoms with Gasteiger partial charge in [0.05, 0.1) is 13.2 Å². The maximum Gasteiger partial charge on any atom is 0.305 e. The second-order valence-corrected chi connectivity index (χ2v) is 14.5. The van der Waals surface area contributed by atoms with Crippen molar-refractivity contribution in [1.29, 1.82) is 0 Å². The molecule has 0 saturated heterocycles. The molecule has 1 rings (SSSR count). The van der Waals surface area contributed by atoms with Crippen LogP contribution in [-0.2, 0) is 28.7 Å². The zero-order valence-corrected chi connectivity index (χ0v) is 29.5. The monoisotopic (exact) mass is 616 g/mol. The first-order valence-electron chi connectivity index (χ1n) is 17.6. The zero-order chi connectivity index (χ0) is 33.2. The second kappa shape index (κ2) is 20.7. The first-order chi connectivity index (χ1) is 20.7. The summed E-state index contributed by atoms with van der Waals surface area (Å²) in [4.78, 5) is 50.2. The van der Waals surface area contributed by atoms with E-state index in [-0.39, 0.29) is 34.3 Å². The average Bonchev–Trinajstić information content (AvgIpc) is 2.94. The van der Waals surface area contributed by atoms with E-state index in [1.54, 1.807) is 12.2 Å². The highest BCUT2D eigenvalue weighted by molar-refractivity contribution is 6.20. The van der Waals surface area contributed by atoms with Gasteiger partial charge in [0.25, 0.3) is 0 Å². The lowest BCUT2D eigenvalue weighted by Gasteiger charge is -2.33. The summed E-state index contributed by atoms with van der Waals surface area (Å²) in [6.45, 7) is 17.7. The Morgan fingerprint density at radius 3 is 1.32 bits per heavy atom. The molecule has 0 saturated carbocycles. The van der Waals surface area contributed by atoms with Crippen LogP contribution < -0.4 is 0 Å². The molecule has 6 heteroatoms. The zero-order valence-electron chi connectivity index (χ0n) is 29.5. The van der Waals surface area contributed by atoms with Crippen LogP contribution in [0.2, 0.25) is 0 Å². The van der Waals surface area contributed by atoms with Crippen molar-refractivity contribution in [3.63, 3.8) is 0 Å². The average molecular weight is 617 g/mol. The standard InChI is InChI=1S/C38H64O6/c1-9-11-13-19-35(41)43-25-21-29(3)17-15-23-37(5,6)31-27-34(40)32(28-33(31)39)38(7,8)24-16-18-30(4)22-26-44-36(42)20-14-12-10-2/h27-30H,9-26H2,1-8H3. The Bertz CT molecular complexity index is 892. The largest absolute Gasteiger partial charge is 0.466 e. The third-order valence-corrected chi connectivity index (χ3v) is 9.25. The van der Waals surface area contributed by atoms with Crippen molar-refractivity contribution in [2.24, 2.45) is 22.7 Å². The van der Waals surface area contributed by atoms with Gasteiger partial charge in [0.15, 0.2) is 11.6 Å². The van der Waals surface area contributed by atoms with Gasteiger partial charge in [0.2, 0.25) is 0 Å². The Balaban J connectivity index is 2.48. The number of carbonyl (C=O) groups is 4. The van der Waals surface area contributed by atoms with Crippen molar-refractivity contribution in [3.05, 3.63) is 23.3 Å². The first-order valence-corrected chi connectivity index (χ1v) is 17.6. The molecule has 0 bridgehead atoms. The maximum atomic E-state index is 13.3. The van der Waals surface area contributed by atoms with Gasteiger partial charge in [-0.1, -0.05) is 107 Å². The summed E-state index contributed by atoms with van der Waals surface area (Å²) in [5.41, 5.74) is 0.431. The van der Waals surface area contributed by atoms with Gasteiger partial charge in [-0.05, 0) is 73.3 Å². The lowest BCUT2D eigenvalue weighted by Crippen LogP contribution is -2.30. The Morgan fingerprint density at radius 2 is 0.977 bits per heavy atom. The molecule has 0 fully saturated rings. The normalized spacial score (nSPS) is 15.5. The minimum Gasteiger partial charge on any atom is -0.466 e. The van der Waals surface area contributed by atoms with Crippen molar-refractivity contribution < 1.29 is 28.7 Å². The number of unbranched alkanes of at least 4 members (excludes halogenated alkanes) is 4. The Hall–Kier alpha value is -2.24. The van der Waals surface area contributed by atoms with E-state index >= 15 is 0 Å². The summed E-state index contributed by atoms with van der Waals surface area (Å²) in [6.07, 6.45) is 17.5. The molecule has 0 aromatic heterocycles. The second-order valence-electron chi connectivity index (χ2n) is 14.5. The van der Waals surface area contributed by atoms with Crippen LogP contribution in [0.15, 0.2) is 23.3 Å². The highest BCUT2D eigenvalue weighted by Gasteiger charge is 2.36. The molecule has 0 aliphatic heterocycles. The molecule has 2 unspecified atom stereocenters. The van der Waals surface area contributed by atoms with Gasteiger partial charge in [0, 0.05) is 24.0 Å². The molecule has 0 aromatic rings. The molecule has 0 spiro atoms. The molecule has 0 radical (unpaired) electrons. The van der Waals surface area contributed by atoms with Gasteiger partial charge in [-0.25, -0.2) is 0 Å². The van der Waals surface area contributed by atoms with Crippen LogP contribution in [0.5, 0.6) is 0 Å². The molecule has 252 valence electrons. The Labute approximate surface area is 269 Å². The van der Waals surface area contributed by atoms with Gasteiger partial charge in [-0.2, -0.15) is 0 Å². The van der Waals surface area contributed by atoms with E-state index in [4.69, 9.17) is 9.47 Å². The van der Waals surface area contributed by atoms with Gasteiger partial charge >= 0.3 is 11.9 Å². The number of hydrogen-bond acceptors (Lipinski definition) is 6. The minimum atomic E-state index is -0.390. The molecule has 0 heterocycles. The van der Waals surface area contributed by atoms with E-state index in [1.165, 1.54) is 0 Å². The van der Waals surface area contributed by atoms with Crippen molar-refractivity contribution in [2.45, 2.75) is 158 Å². The molecule has 6 nitrogen and oxygen atoms in total. The maximum absolute atomic E-state index is 13.3. The smallest absolute Gasteiger partial charge is 0.305 e. The number of ether oxygens (including phenoxy) is 2. The number of ketones is 2. The van der Waals surface area contributed by atoms with E-state index in [0.29, 0.717) is 49.0 Å². The van der Waals surface area contributed by atoms with Crippen molar-refractivity contribution in [2.75, 3.05) is 13.2 Å². The highest BCUT2D eigenvalue weighted by Crippen LogP contribution is 2.40. The van der Waals surface area contributed by atoms with Crippen LogP contribution in [0.1, 0.15) is 158 Å². The van der Waals surface area contributed by atoms with Crippen molar-refractivity contribution in [3.8, 4) is 0 Å². The van der Waals surface area contributed by atoms with E-state index in [0.717, 1.165) is 89.9 Å². The molecular formula is C38H64O6. The van der Waals surface area contributed by atoms with E-state index < -0.39 is 0 Å². The van der Waals surface area contributed by atoms with Crippen LogP contribution >= 0.6 is 0 Å².